The molecule has 1 unspecified atom stereocenters. The van der Waals surface area contributed by atoms with Gasteiger partial charge in [0.15, 0.2) is 5.16 Å². The van der Waals surface area contributed by atoms with Gasteiger partial charge in [-0.15, -0.1) is 0 Å². The summed E-state index contributed by atoms with van der Waals surface area (Å²) in [4.78, 5) is 39.2. The Morgan fingerprint density at radius 2 is 1.90 bits per heavy atom. The molecule has 31 heavy (non-hydrogen) atoms. The van der Waals surface area contributed by atoms with Crippen molar-refractivity contribution in [2.75, 3.05) is 44.4 Å². The Labute approximate surface area is 188 Å². The second-order valence-corrected chi connectivity index (χ2v) is 9.72. The van der Waals surface area contributed by atoms with Crippen molar-refractivity contribution in [3.63, 3.8) is 0 Å². The van der Waals surface area contributed by atoms with Crippen molar-refractivity contribution in [1.29, 1.82) is 0 Å². The summed E-state index contributed by atoms with van der Waals surface area (Å²) in [6, 6.07) is 2.04. The fourth-order valence-corrected chi connectivity index (χ4v) is 4.13. The first-order valence-electron chi connectivity index (χ1n) is 10.7. The molecule has 2 aliphatic heterocycles. The summed E-state index contributed by atoms with van der Waals surface area (Å²) >= 11 is 1.52. The maximum absolute atomic E-state index is 12.7. The number of nitrogens with zero attached hydrogens (tertiary/aromatic N) is 5. The van der Waals surface area contributed by atoms with Crippen molar-refractivity contribution >= 4 is 29.8 Å². The number of anilines is 1. The van der Waals surface area contributed by atoms with Crippen molar-refractivity contribution in [2.45, 2.75) is 62.9 Å². The van der Waals surface area contributed by atoms with Gasteiger partial charge in [0.05, 0.1) is 6.54 Å². The summed E-state index contributed by atoms with van der Waals surface area (Å²) in [5.74, 6) is 0.927. The summed E-state index contributed by atoms with van der Waals surface area (Å²) in [7, 11) is 1.79. The first-order valence-corrected chi connectivity index (χ1v) is 11.9. The zero-order chi connectivity index (χ0) is 22.6. The first kappa shape index (κ1) is 23.4. The topological polar surface area (TPSA) is 88.1 Å². The Morgan fingerprint density at radius 3 is 2.55 bits per heavy atom. The number of hydrogen-bond acceptors (Lipinski definition) is 8. The average Bonchev–Trinajstić information content (AvgIpc) is 3.21. The molecule has 0 aliphatic carbocycles. The zero-order valence-electron chi connectivity index (χ0n) is 19.0. The number of hydrogen-bond donors (Lipinski definition) is 0. The summed E-state index contributed by atoms with van der Waals surface area (Å²) in [6.45, 7) is 8.07. The van der Waals surface area contributed by atoms with Crippen LogP contribution < -0.4 is 4.90 Å². The molecule has 0 spiro atoms. The number of likely N-dealkylation sites (tertiary alicyclic amines) is 1. The minimum Gasteiger partial charge on any atom is -0.444 e. The van der Waals surface area contributed by atoms with Gasteiger partial charge in [0, 0.05) is 45.3 Å². The number of thioether (sulfide) groups is 1. The predicted octanol–water partition coefficient (Wildman–Crippen LogP) is 3.25. The third-order valence-electron chi connectivity index (χ3n) is 5.49. The second kappa shape index (κ2) is 9.93. The summed E-state index contributed by atoms with van der Waals surface area (Å²) in [5, 5.41) is 0.761. The van der Waals surface area contributed by atoms with E-state index in [9.17, 15) is 9.59 Å². The Balaban J connectivity index is 1.45. The molecule has 3 heterocycles. The van der Waals surface area contributed by atoms with Crippen LogP contribution in [0.4, 0.5) is 15.4 Å². The van der Waals surface area contributed by atoms with Crippen molar-refractivity contribution in [1.82, 2.24) is 19.8 Å². The lowest BCUT2D eigenvalue weighted by Crippen LogP contribution is -2.47. The van der Waals surface area contributed by atoms with Gasteiger partial charge in [0.1, 0.15) is 17.5 Å². The monoisotopic (exact) mass is 451 g/mol. The number of carbonyl (C=O) groups excluding carboxylic acids is 2. The normalized spacial score (nSPS) is 20.0. The van der Waals surface area contributed by atoms with E-state index in [0.717, 1.165) is 36.9 Å². The highest BCUT2D eigenvalue weighted by Gasteiger charge is 2.34. The summed E-state index contributed by atoms with van der Waals surface area (Å²) in [6.07, 6.45) is 5.08. The molecule has 1 aromatic heterocycles. The molecule has 1 atom stereocenters. The minimum atomic E-state index is -0.538. The van der Waals surface area contributed by atoms with Gasteiger partial charge in [-0.1, -0.05) is 11.8 Å². The molecule has 3 rings (SSSR count). The van der Waals surface area contributed by atoms with E-state index in [0.29, 0.717) is 19.5 Å². The molecule has 0 N–H and O–H groups in total. The zero-order valence-corrected chi connectivity index (χ0v) is 19.9. The number of amides is 2. The van der Waals surface area contributed by atoms with Crippen LogP contribution in [0.25, 0.3) is 0 Å². The summed E-state index contributed by atoms with van der Waals surface area (Å²) < 4.78 is 11.1. The maximum Gasteiger partial charge on any atom is 0.410 e. The van der Waals surface area contributed by atoms with Crippen LogP contribution in [0.3, 0.4) is 0 Å². The smallest absolute Gasteiger partial charge is 0.410 e. The van der Waals surface area contributed by atoms with Gasteiger partial charge in [-0.2, -0.15) is 0 Å². The molecule has 10 heteroatoms. The average molecular weight is 452 g/mol. The molecule has 9 nitrogen and oxygen atoms in total. The molecule has 2 fully saturated rings. The Bertz CT molecular complexity index is 779. The van der Waals surface area contributed by atoms with Crippen molar-refractivity contribution in [3.8, 4) is 0 Å². The molecule has 2 saturated heterocycles. The van der Waals surface area contributed by atoms with E-state index in [1.54, 1.807) is 23.0 Å². The van der Waals surface area contributed by atoms with Gasteiger partial charge in [0.25, 0.3) is 0 Å². The van der Waals surface area contributed by atoms with E-state index in [1.165, 1.54) is 11.8 Å². The van der Waals surface area contributed by atoms with Crippen molar-refractivity contribution in [3.05, 3.63) is 12.3 Å². The third kappa shape index (κ3) is 6.38. The Morgan fingerprint density at radius 1 is 1.19 bits per heavy atom. The molecule has 0 aromatic carbocycles. The number of aromatic nitrogens is 2. The van der Waals surface area contributed by atoms with Gasteiger partial charge in [-0.25, -0.2) is 19.6 Å². The fraction of sp³-hybridized carbons (Fsp3) is 0.714. The second-order valence-electron chi connectivity index (χ2n) is 8.95. The predicted molar refractivity (Wildman–Crippen MR) is 120 cm³/mol. The fourth-order valence-electron chi connectivity index (χ4n) is 3.78. The van der Waals surface area contributed by atoms with Crippen LogP contribution in [-0.2, 0) is 9.47 Å². The summed E-state index contributed by atoms with van der Waals surface area (Å²) in [5.41, 5.74) is -0.538. The largest absolute Gasteiger partial charge is 0.444 e. The standard InChI is InChI=1S/C21H33N5O4S/c1-21(2,3)30-20(28)26-13-9-16(14-26)29-19(27)24(4)15-7-11-25(12-8-15)17-6-10-22-18(23-17)31-5/h6,10,15-16H,7-9,11-14H2,1-5H3. The van der Waals surface area contributed by atoms with Crippen LogP contribution in [0, 0.1) is 0 Å². The lowest BCUT2D eigenvalue weighted by atomic mass is 10.0. The van der Waals surface area contributed by atoms with Gasteiger partial charge in [-0.3, -0.25) is 0 Å². The maximum atomic E-state index is 12.7. The molecule has 0 bridgehead atoms. The quantitative estimate of drug-likeness (QED) is 0.509. The van der Waals surface area contributed by atoms with Crippen LogP contribution in [0.1, 0.15) is 40.0 Å². The SMILES string of the molecule is CSc1nccc(N2CCC(N(C)C(=O)OC3CCN(C(=O)OC(C)(C)C)C3)CC2)n1. The van der Waals surface area contributed by atoms with E-state index in [1.807, 2.05) is 33.1 Å². The number of carbonyl (C=O) groups is 2. The third-order valence-corrected chi connectivity index (χ3v) is 6.05. The Kier molecular flexibility index (Phi) is 7.51. The lowest BCUT2D eigenvalue weighted by Gasteiger charge is -2.37. The highest BCUT2D eigenvalue weighted by molar-refractivity contribution is 7.98. The van der Waals surface area contributed by atoms with Gasteiger partial charge >= 0.3 is 12.2 Å². The van der Waals surface area contributed by atoms with Gasteiger partial charge in [0.2, 0.25) is 0 Å². The highest BCUT2D eigenvalue weighted by atomic mass is 32.2. The number of rotatable bonds is 4. The van der Waals surface area contributed by atoms with Crippen LogP contribution in [0.15, 0.2) is 17.4 Å². The molecule has 0 saturated carbocycles. The number of ether oxygens (including phenoxy) is 2. The van der Waals surface area contributed by atoms with Crippen LogP contribution in [0.2, 0.25) is 0 Å². The molecular formula is C21H33N5O4S. The van der Waals surface area contributed by atoms with E-state index in [-0.39, 0.29) is 24.3 Å². The molecule has 2 aliphatic rings. The highest BCUT2D eigenvalue weighted by Crippen LogP contribution is 2.23. The van der Waals surface area contributed by atoms with Crippen LogP contribution >= 0.6 is 11.8 Å². The minimum absolute atomic E-state index is 0.119. The Hall–Kier alpha value is -2.23. The molecule has 1 aromatic rings. The van der Waals surface area contributed by atoms with Crippen LogP contribution in [0.5, 0.6) is 0 Å². The van der Waals surface area contributed by atoms with E-state index in [2.05, 4.69) is 14.9 Å². The van der Waals surface area contributed by atoms with Crippen molar-refractivity contribution < 1.29 is 19.1 Å². The van der Waals surface area contributed by atoms with Gasteiger partial charge < -0.3 is 24.2 Å². The molecular weight excluding hydrogens is 418 g/mol. The van der Waals surface area contributed by atoms with Gasteiger partial charge in [-0.05, 0) is 45.9 Å². The first-order chi connectivity index (χ1) is 14.7. The van der Waals surface area contributed by atoms with Crippen molar-refractivity contribution in [2.24, 2.45) is 0 Å². The number of piperidine rings is 1. The van der Waals surface area contributed by atoms with E-state index >= 15 is 0 Å². The molecule has 172 valence electrons. The van der Waals surface area contributed by atoms with Crippen LogP contribution in [-0.4, -0.2) is 89.2 Å². The van der Waals surface area contributed by atoms with E-state index in [4.69, 9.17) is 9.47 Å². The molecule has 2 amide bonds. The molecule has 0 radical (unpaired) electrons. The van der Waals surface area contributed by atoms with E-state index < -0.39 is 5.60 Å². The lowest BCUT2D eigenvalue weighted by molar-refractivity contribution is 0.0234.